The molecule has 1 amide bonds. The minimum absolute atomic E-state index is 0.0487. The summed E-state index contributed by atoms with van der Waals surface area (Å²) in [5.74, 6) is -0.518. The maximum absolute atomic E-state index is 12.7. The first-order chi connectivity index (χ1) is 9.04. The van der Waals surface area contributed by atoms with Crippen molar-refractivity contribution in [3.8, 4) is 0 Å². The van der Waals surface area contributed by atoms with Gasteiger partial charge in [0.05, 0.1) is 6.54 Å². The van der Waals surface area contributed by atoms with Gasteiger partial charge in [-0.1, -0.05) is 6.07 Å². The third-order valence-electron chi connectivity index (χ3n) is 2.43. The third-order valence-corrected chi connectivity index (χ3v) is 2.43. The third kappa shape index (κ3) is 3.67. The molecule has 0 saturated carbocycles. The summed E-state index contributed by atoms with van der Waals surface area (Å²) >= 11 is 0. The molecule has 5 nitrogen and oxygen atoms in total. The van der Waals surface area contributed by atoms with Gasteiger partial charge in [-0.25, -0.2) is 18.6 Å². The summed E-state index contributed by atoms with van der Waals surface area (Å²) in [5.41, 5.74) is 0.532. The number of rotatable bonds is 4. The number of hydrogen-bond donors (Lipinski definition) is 0. The van der Waals surface area contributed by atoms with Crippen LogP contribution >= 0.6 is 0 Å². The molecule has 1 aliphatic rings. The second-order valence-electron chi connectivity index (χ2n) is 3.84. The highest BCUT2D eigenvalue weighted by Crippen LogP contribution is 2.11. The molecule has 1 aromatic heterocycles. The van der Waals surface area contributed by atoms with E-state index in [1.54, 1.807) is 0 Å². The largest absolute Gasteiger partial charge is 0.440 e. The van der Waals surface area contributed by atoms with Crippen molar-refractivity contribution >= 4 is 11.9 Å². The molecule has 0 bridgehead atoms. The van der Waals surface area contributed by atoms with Crippen LogP contribution in [0.4, 0.5) is 18.0 Å². The van der Waals surface area contributed by atoms with Crippen LogP contribution in [-0.2, 0) is 11.3 Å². The second kappa shape index (κ2) is 5.68. The lowest BCUT2D eigenvalue weighted by molar-refractivity contribution is 0.112. The van der Waals surface area contributed by atoms with E-state index in [0.29, 0.717) is 5.56 Å². The van der Waals surface area contributed by atoms with Crippen LogP contribution in [0.5, 0.6) is 0 Å². The van der Waals surface area contributed by atoms with Gasteiger partial charge in [0.15, 0.2) is 12.4 Å². The van der Waals surface area contributed by atoms with Crippen LogP contribution in [0.25, 0.3) is 0 Å². The number of hydrogen-bond acceptors (Lipinski definition) is 4. The molecule has 0 N–H and O–H groups in total. The fraction of sp³-hybridized carbons (Fsp3) is 0.364. The molecule has 0 spiro atoms. The molecule has 0 fully saturated rings. The number of ether oxygens (including phenoxy) is 1. The molecule has 1 aromatic rings. The number of aromatic nitrogens is 1. The molecule has 0 radical (unpaired) electrons. The van der Waals surface area contributed by atoms with Gasteiger partial charge in [0.1, 0.15) is 0 Å². The lowest BCUT2D eigenvalue weighted by atomic mass is 10.2. The Morgan fingerprint density at radius 3 is 2.74 bits per heavy atom. The van der Waals surface area contributed by atoms with Crippen molar-refractivity contribution in [2.75, 3.05) is 13.2 Å². The number of amidine groups is 1. The number of alkyl halides is 2. The fourth-order valence-corrected chi connectivity index (χ4v) is 1.61. The summed E-state index contributed by atoms with van der Waals surface area (Å²) < 4.78 is 42.2. The molecule has 2 heterocycles. The average molecular weight is 273 g/mol. The van der Waals surface area contributed by atoms with E-state index in [-0.39, 0.29) is 19.0 Å². The highest BCUT2D eigenvalue weighted by molar-refractivity contribution is 5.97. The smallest absolute Gasteiger partial charge is 0.435 e. The summed E-state index contributed by atoms with van der Waals surface area (Å²) in [6.07, 6.45) is -2.15. The molecular weight excluding hydrogens is 263 g/mol. The van der Waals surface area contributed by atoms with Crippen molar-refractivity contribution in [3.05, 3.63) is 29.8 Å². The number of carbonyl (C=O) groups is 1. The van der Waals surface area contributed by atoms with Crippen LogP contribution in [-0.4, -0.2) is 41.4 Å². The van der Waals surface area contributed by atoms with Gasteiger partial charge in [0.2, 0.25) is 5.95 Å². The Hall–Kier alpha value is -2.12. The molecule has 102 valence electrons. The monoisotopic (exact) mass is 273 g/mol. The molecule has 0 saturated heterocycles. The van der Waals surface area contributed by atoms with Gasteiger partial charge in [-0.15, -0.1) is 0 Å². The Kier molecular flexibility index (Phi) is 3.98. The van der Waals surface area contributed by atoms with Gasteiger partial charge in [0, 0.05) is 12.7 Å². The van der Waals surface area contributed by atoms with Gasteiger partial charge >= 0.3 is 6.09 Å². The van der Waals surface area contributed by atoms with Gasteiger partial charge in [0.25, 0.3) is 6.43 Å². The molecular formula is C11H10F3N3O2. The highest BCUT2D eigenvalue weighted by atomic mass is 19.3. The minimum atomic E-state index is -2.59. The molecule has 0 aliphatic carbocycles. The number of aliphatic imine (C=N–C) groups is 1. The zero-order chi connectivity index (χ0) is 13.8. The first-order valence-electron chi connectivity index (χ1n) is 5.42. The first-order valence-corrected chi connectivity index (χ1v) is 5.42. The lowest BCUT2D eigenvalue weighted by Gasteiger charge is -2.22. The van der Waals surface area contributed by atoms with Crippen LogP contribution in [0.1, 0.15) is 5.56 Å². The number of amides is 1. The van der Waals surface area contributed by atoms with E-state index >= 15 is 0 Å². The quantitative estimate of drug-likeness (QED) is 0.785. The van der Waals surface area contributed by atoms with E-state index in [0.717, 1.165) is 6.07 Å². The number of nitrogens with zero attached hydrogens (tertiary/aromatic N) is 3. The summed E-state index contributed by atoms with van der Waals surface area (Å²) in [4.78, 5) is 19.0. The summed E-state index contributed by atoms with van der Waals surface area (Å²) in [6, 6.07) is 2.56. The molecule has 19 heavy (non-hydrogen) atoms. The summed E-state index contributed by atoms with van der Waals surface area (Å²) in [7, 11) is 0. The Balaban J connectivity index is 2.11. The van der Waals surface area contributed by atoms with E-state index in [2.05, 4.69) is 14.7 Å². The van der Waals surface area contributed by atoms with Crippen LogP contribution in [0, 0.1) is 5.95 Å². The highest BCUT2D eigenvalue weighted by Gasteiger charge is 2.23. The summed E-state index contributed by atoms with van der Waals surface area (Å²) in [6.45, 7) is -0.680. The predicted molar refractivity (Wildman–Crippen MR) is 59.4 cm³/mol. The molecule has 2 rings (SSSR count). The van der Waals surface area contributed by atoms with Crippen molar-refractivity contribution in [1.82, 2.24) is 9.88 Å². The van der Waals surface area contributed by atoms with Crippen LogP contribution in [0.3, 0.4) is 0 Å². The lowest BCUT2D eigenvalue weighted by Crippen LogP contribution is -2.35. The minimum Gasteiger partial charge on any atom is -0.440 e. The van der Waals surface area contributed by atoms with Crippen molar-refractivity contribution in [2.45, 2.75) is 13.0 Å². The molecule has 8 heteroatoms. The maximum Gasteiger partial charge on any atom is 0.435 e. The Bertz CT molecular complexity index is 490. The van der Waals surface area contributed by atoms with Gasteiger partial charge < -0.3 is 9.64 Å². The normalized spacial score (nSPS) is 14.5. The topological polar surface area (TPSA) is 54.8 Å². The van der Waals surface area contributed by atoms with Crippen LogP contribution in [0.2, 0.25) is 0 Å². The number of carbonyl (C=O) groups excluding carboxylic acids is 1. The molecule has 0 unspecified atom stereocenters. The van der Waals surface area contributed by atoms with Crippen molar-refractivity contribution in [2.24, 2.45) is 4.99 Å². The standard InChI is InChI=1S/C11H10F3N3O2/c12-8(13)5-17(10-6-19-11(18)16-10)4-7-1-2-9(14)15-3-7/h1-3,8H,4-6H2. The van der Waals surface area contributed by atoms with Gasteiger partial charge in [-0.05, 0) is 11.6 Å². The second-order valence-corrected chi connectivity index (χ2v) is 3.84. The van der Waals surface area contributed by atoms with Crippen molar-refractivity contribution in [1.29, 1.82) is 0 Å². The fourth-order valence-electron chi connectivity index (χ4n) is 1.61. The van der Waals surface area contributed by atoms with Crippen molar-refractivity contribution < 1.29 is 22.7 Å². The van der Waals surface area contributed by atoms with E-state index in [1.807, 2.05) is 0 Å². The number of halogens is 3. The number of cyclic esters (lactones) is 1. The van der Waals surface area contributed by atoms with E-state index in [4.69, 9.17) is 0 Å². The van der Waals surface area contributed by atoms with Crippen LogP contribution in [0.15, 0.2) is 23.3 Å². The molecule has 0 atom stereocenters. The van der Waals surface area contributed by atoms with E-state index in [1.165, 1.54) is 17.2 Å². The maximum atomic E-state index is 12.7. The number of pyridine rings is 1. The Labute approximate surface area is 106 Å². The summed E-state index contributed by atoms with van der Waals surface area (Å²) in [5, 5.41) is 0. The van der Waals surface area contributed by atoms with Gasteiger partial charge in [-0.2, -0.15) is 9.38 Å². The van der Waals surface area contributed by atoms with Gasteiger partial charge in [-0.3, -0.25) is 0 Å². The first kappa shape index (κ1) is 13.3. The SMILES string of the molecule is O=C1N=C(N(Cc2ccc(F)nc2)CC(F)F)CO1. The Morgan fingerprint density at radius 2 is 2.21 bits per heavy atom. The zero-order valence-corrected chi connectivity index (χ0v) is 9.72. The molecule has 0 aromatic carbocycles. The zero-order valence-electron chi connectivity index (χ0n) is 9.72. The Morgan fingerprint density at radius 1 is 1.42 bits per heavy atom. The van der Waals surface area contributed by atoms with E-state index in [9.17, 15) is 18.0 Å². The average Bonchev–Trinajstić information content (AvgIpc) is 2.77. The van der Waals surface area contributed by atoms with Crippen LogP contribution < -0.4 is 0 Å². The predicted octanol–water partition coefficient (Wildman–Crippen LogP) is 1.84. The molecule has 1 aliphatic heterocycles. The van der Waals surface area contributed by atoms with Crippen molar-refractivity contribution in [3.63, 3.8) is 0 Å². The van der Waals surface area contributed by atoms with E-state index < -0.39 is 25.0 Å².